The molecule has 0 fully saturated rings. The second-order valence-corrected chi connectivity index (χ2v) is 3.14. The van der Waals surface area contributed by atoms with E-state index in [0.29, 0.717) is 12.8 Å². The molecule has 0 aromatic rings. The number of alkyl halides is 2. The zero-order chi connectivity index (χ0) is 8.69. The van der Waals surface area contributed by atoms with Gasteiger partial charge < -0.3 is 0 Å². The molecule has 0 spiro atoms. The third kappa shape index (κ3) is 6.29. The highest BCUT2D eigenvalue weighted by Crippen LogP contribution is 2.09. The molecule has 0 N–H and O–H groups in total. The number of unbranched alkanes of at least 4 members (excludes halogenated alkanes) is 2. The molecular weight excluding hydrogens is 167 g/mol. The van der Waals surface area contributed by atoms with Gasteiger partial charge in [-0.25, -0.2) is 0 Å². The minimum absolute atomic E-state index is 0.00640. The van der Waals surface area contributed by atoms with Crippen molar-refractivity contribution in [2.24, 2.45) is 0 Å². The van der Waals surface area contributed by atoms with Crippen LogP contribution in [0.1, 0.15) is 32.6 Å². The SMILES string of the molecule is CC(=O)C(Cl)CCCCCF. The summed E-state index contributed by atoms with van der Waals surface area (Å²) in [7, 11) is 0. The van der Waals surface area contributed by atoms with Crippen molar-refractivity contribution in [3.05, 3.63) is 0 Å². The predicted molar refractivity (Wildman–Crippen MR) is 44.8 cm³/mol. The largest absolute Gasteiger partial charge is 0.298 e. The lowest BCUT2D eigenvalue weighted by atomic mass is 10.1. The van der Waals surface area contributed by atoms with Crippen molar-refractivity contribution < 1.29 is 9.18 Å². The maximum absolute atomic E-state index is 11.6. The highest BCUT2D eigenvalue weighted by molar-refractivity contribution is 6.30. The molecule has 66 valence electrons. The fourth-order valence-electron chi connectivity index (χ4n) is 0.798. The number of Topliss-reactive ketones (excluding diaryl/α,β-unsaturated/α-hetero) is 1. The van der Waals surface area contributed by atoms with Gasteiger partial charge in [-0.3, -0.25) is 9.18 Å². The number of carbonyl (C=O) groups excluding carboxylic acids is 1. The minimum atomic E-state index is -0.366. The summed E-state index contributed by atoms with van der Waals surface area (Å²) in [6.45, 7) is 1.21. The van der Waals surface area contributed by atoms with E-state index in [1.807, 2.05) is 0 Å². The smallest absolute Gasteiger partial charge is 0.147 e. The molecule has 1 unspecified atom stereocenters. The third-order valence-electron chi connectivity index (χ3n) is 1.53. The van der Waals surface area contributed by atoms with Gasteiger partial charge in [0.1, 0.15) is 5.78 Å². The fourth-order valence-corrected chi connectivity index (χ4v) is 0.952. The average molecular weight is 181 g/mol. The Morgan fingerprint density at radius 1 is 1.45 bits per heavy atom. The lowest BCUT2D eigenvalue weighted by molar-refractivity contribution is -0.116. The number of hydrogen-bond acceptors (Lipinski definition) is 1. The lowest BCUT2D eigenvalue weighted by Crippen LogP contribution is -2.09. The van der Waals surface area contributed by atoms with E-state index in [0.717, 1.165) is 12.8 Å². The monoisotopic (exact) mass is 180 g/mol. The molecule has 0 aliphatic heterocycles. The number of ketones is 1. The molecule has 1 nitrogen and oxygen atoms in total. The van der Waals surface area contributed by atoms with Crippen molar-refractivity contribution in [3.8, 4) is 0 Å². The van der Waals surface area contributed by atoms with Gasteiger partial charge in [-0.2, -0.15) is 0 Å². The van der Waals surface area contributed by atoms with Crippen LogP contribution in [0.3, 0.4) is 0 Å². The molecule has 11 heavy (non-hydrogen) atoms. The predicted octanol–water partition coefficient (Wildman–Crippen LogP) is 2.71. The number of rotatable bonds is 6. The van der Waals surface area contributed by atoms with Gasteiger partial charge in [0.25, 0.3) is 0 Å². The van der Waals surface area contributed by atoms with Crippen LogP contribution in [0.15, 0.2) is 0 Å². The Morgan fingerprint density at radius 3 is 2.55 bits per heavy atom. The van der Waals surface area contributed by atoms with Crippen LogP contribution >= 0.6 is 11.6 Å². The summed E-state index contributed by atoms with van der Waals surface area (Å²) in [5.74, 6) is 0.00640. The molecule has 0 radical (unpaired) electrons. The van der Waals surface area contributed by atoms with E-state index in [9.17, 15) is 9.18 Å². The molecule has 0 amide bonds. The molecule has 0 aliphatic rings. The molecular formula is C8H14ClFO. The Morgan fingerprint density at radius 2 is 2.09 bits per heavy atom. The van der Waals surface area contributed by atoms with Gasteiger partial charge in [0, 0.05) is 0 Å². The summed E-state index contributed by atoms with van der Waals surface area (Å²) in [6.07, 6.45) is 2.93. The first kappa shape index (κ1) is 10.9. The Balaban J connectivity index is 3.17. The number of hydrogen-bond donors (Lipinski definition) is 0. The van der Waals surface area contributed by atoms with Gasteiger partial charge in [0.05, 0.1) is 12.1 Å². The maximum atomic E-state index is 11.6. The van der Waals surface area contributed by atoms with Crippen molar-refractivity contribution in [2.75, 3.05) is 6.67 Å². The topological polar surface area (TPSA) is 17.1 Å². The first-order valence-corrected chi connectivity index (χ1v) is 4.32. The van der Waals surface area contributed by atoms with Gasteiger partial charge in [0.2, 0.25) is 0 Å². The first-order valence-electron chi connectivity index (χ1n) is 3.89. The van der Waals surface area contributed by atoms with Crippen molar-refractivity contribution in [1.29, 1.82) is 0 Å². The Labute approximate surface area is 71.9 Å². The van der Waals surface area contributed by atoms with E-state index >= 15 is 0 Å². The zero-order valence-corrected chi connectivity index (χ0v) is 7.53. The van der Waals surface area contributed by atoms with Crippen molar-refractivity contribution in [2.45, 2.75) is 38.0 Å². The highest BCUT2D eigenvalue weighted by Gasteiger charge is 2.08. The maximum Gasteiger partial charge on any atom is 0.147 e. The Kier molecular flexibility index (Phi) is 6.52. The van der Waals surface area contributed by atoms with Crippen molar-refractivity contribution in [1.82, 2.24) is 0 Å². The summed E-state index contributed by atoms with van der Waals surface area (Å²) < 4.78 is 11.6. The normalized spacial score (nSPS) is 13.0. The van der Waals surface area contributed by atoms with E-state index in [4.69, 9.17) is 11.6 Å². The van der Waals surface area contributed by atoms with Crippen LogP contribution in [0.2, 0.25) is 0 Å². The molecule has 1 atom stereocenters. The van der Waals surface area contributed by atoms with Gasteiger partial charge >= 0.3 is 0 Å². The Hall–Kier alpha value is -0.110. The van der Waals surface area contributed by atoms with E-state index in [1.54, 1.807) is 0 Å². The molecule has 0 bridgehead atoms. The molecule has 0 heterocycles. The van der Waals surface area contributed by atoms with Crippen LogP contribution in [-0.4, -0.2) is 17.8 Å². The van der Waals surface area contributed by atoms with Crippen LogP contribution in [0, 0.1) is 0 Å². The van der Waals surface area contributed by atoms with Crippen LogP contribution in [0.25, 0.3) is 0 Å². The molecule has 0 aromatic heterocycles. The summed E-state index contributed by atoms with van der Waals surface area (Å²) in [4.78, 5) is 10.6. The van der Waals surface area contributed by atoms with E-state index in [1.165, 1.54) is 6.92 Å². The molecule has 0 saturated heterocycles. The summed E-state index contributed by atoms with van der Waals surface area (Å²) >= 11 is 5.65. The summed E-state index contributed by atoms with van der Waals surface area (Å²) in [5, 5.41) is -0.366. The molecule has 0 aromatic carbocycles. The fraction of sp³-hybridized carbons (Fsp3) is 0.875. The second-order valence-electron chi connectivity index (χ2n) is 2.62. The van der Waals surface area contributed by atoms with Crippen LogP contribution in [0.4, 0.5) is 4.39 Å². The number of halogens is 2. The Bertz CT molecular complexity index is 117. The zero-order valence-electron chi connectivity index (χ0n) is 6.78. The van der Waals surface area contributed by atoms with Gasteiger partial charge in [-0.05, 0) is 19.8 Å². The van der Waals surface area contributed by atoms with Crippen molar-refractivity contribution in [3.63, 3.8) is 0 Å². The van der Waals surface area contributed by atoms with Crippen molar-refractivity contribution >= 4 is 17.4 Å². The molecule has 0 aliphatic carbocycles. The molecule has 0 saturated carbocycles. The van der Waals surface area contributed by atoms with Gasteiger partial charge in [-0.1, -0.05) is 12.8 Å². The van der Waals surface area contributed by atoms with Crippen LogP contribution in [-0.2, 0) is 4.79 Å². The van der Waals surface area contributed by atoms with E-state index in [-0.39, 0.29) is 17.8 Å². The third-order valence-corrected chi connectivity index (χ3v) is 2.06. The lowest BCUT2D eigenvalue weighted by Gasteiger charge is -2.03. The van der Waals surface area contributed by atoms with Gasteiger partial charge in [-0.15, -0.1) is 11.6 Å². The standard InChI is InChI=1S/C8H14ClFO/c1-7(11)8(9)5-3-2-4-6-10/h8H,2-6H2,1H3. The van der Waals surface area contributed by atoms with Crippen LogP contribution in [0.5, 0.6) is 0 Å². The quantitative estimate of drug-likeness (QED) is 0.454. The summed E-state index contributed by atoms with van der Waals surface area (Å²) in [6, 6.07) is 0. The number of carbonyl (C=O) groups is 1. The average Bonchev–Trinajstić information content (AvgIpc) is 1.97. The van der Waals surface area contributed by atoms with Gasteiger partial charge in [0.15, 0.2) is 0 Å². The van der Waals surface area contributed by atoms with Crippen LogP contribution < -0.4 is 0 Å². The molecule has 0 rings (SSSR count). The minimum Gasteiger partial charge on any atom is -0.298 e. The highest BCUT2D eigenvalue weighted by atomic mass is 35.5. The first-order chi connectivity index (χ1) is 5.18. The summed E-state index contributed by atoms with van der Waals surface area (Å²) in [5.41, 5.74) is 0. The molecule has 3 heteroatoms. The van der Waals surface area contributed by atoms with E-state index < -0.39 is 0 Å². The second kappa shape index (κ2) is 6.59. The van der Waals surface area contributed by atoms with E-state index in [2.05, 4.69) is 0 Å².